The van der Waals surface area contributed by atoms with E-state index in [0.29, 0.717) is 19.7 Å². The minimum atomic E-state index is 0.595. The van der Waals surface area contributed by atoms with Gasteiger partial charge in [0.25, 0.3) is 0 Å². The quantitative estimate of drug-likeness (QED) is 0.387. The third-order valence-corrected chi connectivity index (χ3v) is 5.23. The fourth-order valence-corrected chi connectivity index (χ4v) is 3.50. The van der Waals surface area contributed by atoms with E-state index < -0.39 is 0 Å². The summed E-state index contributed by atoms with van der Waals surface area (Å²) >= 11 is 0. The molecule has 0 unspecified atom stereocenters. The summed E-state index contributed by atoms with van der Waals surface area (Å²) in [5, 5.41) is 15.8. The van der Waals surface area contributed by atoms with Crippen LogP contribution >= 0.6 is 0 Å². The molecule has 0 amide bonds. The molecule has 1 aromatic carbocycles. The van der Waals surface area contributed by atoms with Crippen LogP contribution in [0.15, 0.2) is 47.7 Å². The molecule has 31 heavy (non-hydrogen) atoms. The predicted octanol–water partition coefficient (Wildman–Crippen LogP) is 2.65. The van der Waals surface area contributed by atoms with E-state index >= 15 is 0 Å². The van der Waals surface area contributed by atoms with Crippen molar-refractivity contribution in [3.63, 3.8) is 0 Å². The lowest BCUT2D eigenvalue weighted by Gasteiger charge is -2.13. The third-order valence-electron chi connectivity index (χ3n) is 5.23. The summed E-state index contributed by atoms with van der Waals surface area (Å²) in [5.74, 6) is 0.792. The SMILES string of the molecule is CCNC(=NCc1ccccc1Cn1cccn1)NCc1c(C)nn(CCOC)c1C. The first-order valence-corrected chi connectivity index (χ1v) is 10.7. The van der Waals surface area contributed by atoms with E-state index in [4.69, 9.17) is 9.73 Å². The molecule has 0 saturated carbocycles. The van der Waals surface area contributed by atoms with Gasteiger partial charge in [-0.25, -0.2) is 4.99 Å². The lowest BCUT2D eigenvalue weighted by atomic mass is 10.1. The lowest BCUT2D eigenvalue weighted by Crippen LogP contribution is -2.37. The van der Waals surface area contributed by atoms with E-state index in [2.05, 4.69) is 58.9 Å². The van der Waals surface area contributed by atoms with E-state index in [1.54, 1.807) is 13.3 Å². The number of hydrogen-bond donors (Lipinski definition) is 2. The number of benzene rings is 1. The van der Waals surface area contributed by atoms with Gasteiger partial charge in [-0.05, 0) is 38.0 Å². The second-order valence-corrected chi connectivity index (χ2v) is 7.39. The number of nitrogens with zero attached hydrogens (tertiary/aromatic N) is 5. The Morgan fingerprint density at radius 1 is 1.13 bits per heavy atom. The first-order chi connectivity index (χ1) is 15.1. The molecule has 0 bridgehead atoms. The van der Waals surface area contributed by atoms with Gasteiger partial charge in [-0.2, -0.15) is 10.2 Å². The number of aliphatic imine (C=N–C) groups is 1. The van der Waals surface area contributed by atoms with E-state index in [9.17, 15) is 0 Å². The van der Waals surface area contributed by atoms with Gasteiger partial charge in [-0.15, -0.1) is 0 Å². The number of methoxy groups -OCH3 is 1. The van der Waals surface area contributed by atoms with Crippen LogP contribution in [0.4, 0.5) is 0 Å². The molecule has 8 nitrogen and oxygen atoms in total. The summed E-state index contributed by atoms with van der Waals surface area (Å²) in [6.45, 7) is 10.4. The van der Waals surface area contributed by atoms with Gasteiger partial charge in [0, 0.05) is 43.9 Å². The Balaban J connectivity index is 1.68. The first-order valence-electron chi connectivity index (χ1n) is 10.7. The standard InChI is InChI=1S/C23H33N7O/c1-5-24-23(26-16-22-18(2)28-30(19(22)3)13-14-31-4)25-15-20-9-6-7-10-21(20)17-29-12-8-11-27-29/h6-12H,5,13-17H2,1-4H3,(H2,24,25,26). The van der Waals surface area contributed by atoms with Gasteiger partial charge in [0.1, 0.15) is 0 Å². The van der Waals surface area contributed by atoms with Crippen LogP contribution in [0, 0.1) is 13.8 Å². The van der Waals surface area contributed by atoms with Gasteiger partial charge < -0.3 is 15.4 Å². The van der Waals surface area contributed by atoms with Crippen LogP contribution in [0.2, 0.25) is 0 Å². The Bertz CT molecular complexity index is 976. The monoisotopic (exact) mass is 423 g/mol. The number of aryl methyl sites for hydroxylation is 1. The highest BCUT2D eigenvalue weighted by molar-refractivity contribution is 5.79. The molecular formula is C23H33N7O. The number of guanidine groups is 1. The maximum atomic E-state index is 5.19. The number of ether oxygens (including phenoxy) is 1. The third kappa shape index (κ3) is 6.18. The average molecular weight is 424 g/mol. The van der Waals surface area contributed by atoms with E-state index in [0.717, 1.165) is 37.0 Å². The Hall–Kier alpha value is -3.13. The number of nitrogens with one attached hydrogen (secondary N) is 2. The van der Waals surface area contributed by atoms with Crippen LogP contribution in [-0.2, 0) is 30.9 Å². The second-order valence-electron chi connectivity index (χ2n) is 7.39. The summed E-state index contributed by atoms with van der Waals surface area (Å²) < 4.78 is 9.12. The van der Waals surface area contributed by atoms with Crippen LogP contribution in [0.25, 0.3) is 0 Å². The molecule has 8 heteroatoms. The second kappa shape index (κ2) is 11.3. The predicted molar refractivity (Wildman–Crippen MR) is 123 cm³/mol. The normalized spacial score (nSPS) is 11.7. The fourth-order valence-electron chi connectivity index (χ4n) is 3.50. The lowest BCUT2D eigenvalue weighted by molar-refractivity contribution is 0.182. The number of rotatable bonds is 10. The number of hydrogen-bond acceptors (Lipinski definition) is 4. The minimum Gasteiger partial charge on any atom is -0.383 e. The molecule has 2 aromatic heterocycles. The van der Waals surface area contributed by atoms with Crippen LogP contribution in [0.3, 0.4) is 0 Å². The minimum absolute atomic E-state index is 0.595. The molecule has 3 aromatic rings. The molecule has 2 heterocycles. The zero-order valence-electron chi connectivity index (χ0n) is 18.9. The molecule has 0 saturated heterocycles. The van der Waals surface area contributed by atoms with Crippen LogP contribution in [-0.4, -0.2) is 45.8 Å². The van der Waals surface area contributed by atoms with Gasteiger partial charge >= 0.3 is 0 Å². The van der Waals surface area contributed by atoms with Crippen molar-refractivity contribution in [3.05, 3.63) is 70.8 Å². The number of aromatic nitrogens is 4. The van der Waals surface area contributed by atoms with Gasteiger partial charge in [-0.1, -0.05) is 24.3 Å². The molecule has 0 aliphatic carbocycles. The largest absolute Gasteiger partial charge is 0.383 e. The summed E-state index contributed by atoms with van der Waals surface area (Å²) in [5.41, 5.74) is 5.79. The first kappa shape index (κ1) is 22.6. The zero-order valence-corrected chi connectivity index (χ0v) is 18.9. The highest BCUT2D eigenvalue weighted by Gasteiger charge is 2.12. The van der Waals surface area contributed by atoms with Crippen molar-refractivity contribution in [2.75, 3.05) is 20.3 Å². The highest BCUT2D eigenvalue weighted by atomic mass is 16.5. The summed E-state index contributed by atoms with van der Waals surface area (Å²) in [4.78, 5) is 4.82. The molecular weight excluding hydrogens is 390 g/mol. The molecule has 0 fully saturated rings. The van der Waals surface area contributed by atoms with E-state index in [1.165, 1.54) is 16.7 Å². The molecule has 3 rings (SSSR count). The summed E-state index contributed by atoms with van der Waals surface area (Å²) in [6.07, 6.45) is 3.78. The Morgan fingerprint density at radius 2 is 1.94 bits per heavy atom. The summed E-state index contributed by atoms with van der Waals surface area (Å²) in [6, 6.07) is 10.3. The Labute approximate surface area is 184 Å². The van der Waals surface area contributed by atoms with Gasteiger partial charge in [0.05, 0.1) is 31.9 Å². The van der Waals surface area contributed by atoms with Crippen LogP contribution < -0.4 is 10.6 Å². The molecule has 0 radical (unpaired) electrons. The van der Waals surface area contributed by atoms with Crippen molar-refractivity contribution >= 4 is 5.96 Å². The maximum Gasteiger partial charge on any atom is 0.191 e. The van der Waals surface area contributed by atoms with Crippen molar-refractivity contribution in [1.82, 2.24) is 30.2 Å². The van der Waals surface area contributed by atoms with Gasteiger partial charge in [0.2, 0.25) is 0 Å². The highest BCUT2D eigenvalue weighted by Crippen LogP contribution is 2.14. The van der Waals surface area contributed by atoms with Crippen LogP contribution in [0.1, 0.15) is 35.0 Å². The average Bonchev–Trinajstić information content (AvgIpc) is 3.37. The fraction of sp³-hybridized carbons (Fsp3) is 0.435. The maximum absolute atomic E-state index is 5.19. The molecule has 0 aliphatic heterocycles. The Morgan fingerprint density at radius 3 is 2.65 bits per heavy atom. The molecule has 166 valence electrons. The van der Waals surface area contributed by atoms with Crippen LogP contribution in [0.5, 0.6) is 0 Å². The molecule has 2 N–H and O–H groups in total. The van der Waals surface area contributed by atoms with Gasteiger partial charge in [0.15, 0.2) is 5.96 Å². The Kier molecular flexibility index (Phi) is 8.23. The summed E-state index contributed by atoms with van der Waals surface area (Å²) in [7, 11) is 1.71. The zero-order chi connectivity index (χ0) is 22.1. The van der Waals surface area contributed by atoms with Gasteiger partial charge in [-0.3, -0.25) is 9.36 Å². The molecule has 0 atom stereocenters. The van der Waals surface area contributed by atoms with Crippen molar-refractivity contribution in [3.8, 4) is 0 Å². The van der Waals surface area contributed by atoms with Crippen molar-refractivity contribution in [1.29, 1.82) is 0 Å². The van der Waals surface area contributed by atoms with E-state index in [1.807, 2.05) is 28.6 Å². The topological polar surface area (TPSA) is 81.3 Å². The van der Waals surface area contributed by atoms with Crippen molar-refractivity contribution < 1.29 is 4.74 Å². The van der Waals surface area contributed by atoms with E-state index in [-0.39, 0.29) is 0 Å². The van der Waals surface area contributed by atoms with Crippen molar-refractivity contribution in [2.45, 2.75) is 47.0 Å². The smallest absolute Gasteiger partial charge is 0.191 e. The molecule has 0 aliphatic rings. The van der Waals surface area contributed by atoms with Crippen molar-refractivity contribution in [2.24, 2.45) is 4.99 Å². The molecule has 0 spiro atoms.